The van der Waals surface area contributed by atoms with E-state index >= 15 is 0 Å². The van der Waals surface area contributed by atoms with E-state index < -0.39 is 40.4 Å². The summed E-state index contributed by atoms with van der Waals surface area (Å²) in [4.78, 5) is 14.6. The zero-order valence-corrected chi connectivity index (χ0v) is 18.5. The predicted molar refractivity (Wildman–Crippen MR) is 116 cm³/mol. The first-order valence-electron chi connectivity index (χ1n) is 10.1. The van der Waals surface area contributed by atoms with Crippen molar-refractivity contribution in [1.29, 1.82) is 0 Å². The molecule has 0 aliphatic carbocycles. The fourth-order valence-electron chi connectivity index (χ4n) is 3.40. The molecule has 0 atom stereocenters. The van der Waals surface area contributed by atoms with Gasteiger partial charge in [0.1, 0.15) is 5.75 Å². The summed E-state index contributed by atoms with van der Waals surface area (Å²) in [6.07, 6.45) is -10.0. The number of anilines is 1. The van der Waals surface area contributed by atoms with Gasteiger partial charge in [0.15, 0.2) is 5.75 Å². The molecule has 3 nitrogen and oxygen atoms in total. The van der Waals surface area contributed by atoms with Crippen LogP contribution in [-0.2, 0) is 22.6 Å². The highest BCUT2D eigenvalue weighted by molar-refractivity contribution is 6.01. The largest absolute Gasteiger partial charge is 0.455 e. The van der Waals surface area contributed by atoms with Gasteiger partial charge in [-0.05, 0) is 61.9 Å². The van der Waals surface area contributed by atoms with Gasteiger partial charge in [-0.2, -0.15) is 26.3 Å². The lowest BCUT2D eigenvalue weighted by Gasteiger charge is -2.31. The predicted octanol–water partition coefficient (Wildman–Crippen LogP) is 7.46. The van der Waals surface area contributed by atoms with Crippen LogP contribution < -0.4 is 9.64 Å². The Morgan fingerprint density at radius 1 is 0.735 bits per heavy atom. The maximum absolute atomic E-state index is 13.4. The van der Waals surface area contributed by atoms with E-state index in [0.29, 0.717) is 29.3 Å². The van der Waals surface area contributed by atoms with E-state index in [1.165, 1.54) is 20.9 Å². The van der Waals surface area contributed by atoms with Gasteiger partial charge < -0.3 is 9.64 Å². The van der Waals surface area contributed by atoms with Gasteiger partial charge in [-0.3, -0.25) is 4.79 Å². The molecule has 0 aromatic heterocycles. The molecule has 34 heavy (non-hydrogen) atoms. The lowest BCUT2D eigenvalue weighted by molar-refractivity contribution is -0.143. The van der Waals surface area contributed by atoms with Crippen molar-refractivity contribution in [3.63, 3.8) is 0 Å². The molecule has 0 heterocycles. The minimum absolute atomic E-state index is 0.0385. The molecule has 3 aromatic carbocycles. The number of hydrogen-bond donors (Lipinski definition) is 0. The summed E-state index contributed by atoms with van der Waals surface area (Å²) in [5, 5.41) is 0. The van der Waals surface area contributed by atoms with Gasteiger partial charge in [-0.1, -0.05) is 30.3 Å². The Kier molecular flexibility index (Phi) is 6.68. The smallest absolute Gasteiger partial charge is 0.416 e. The first-order chi connectivity index (χ1) is 15.7. The summed E-state index contributed by atoms with van der Waals surface area (Å²) < 4.78 is 85.8. The van der Waals surface area contributed by atoms with Crippen LogP contribution in [0.5, 0.6) is 11.5 Å². The molecule has 3 rings (SSSR count). The van der Waals surface area contributed by atoms with E-state index in [2.05, 4.69) is 0 Å². The SMILES string of the molecule is CN(C(=O)C(C)(C)c1cc(C(F)(F)F)cc(C(F)(F)F)c1)c1ccccc1Oc1ccccc1. The second-order valence-corrected chi connectivity index (χ2v) is 8.17. The molecule has 0 saturated carbocycles. The van der Waals surface area contributed by atoms with E-state index in [4.69, 9.17) is 4.74 Å². The Hall–Kier alpha value is -3.49. The maximum Gasteiger partial charge on any atom is 0.416 e. The molecule has 0 saturated heterocycles. The van der Waals surface area contributed by atoms with Crippen molar-refractivity contribution >= 4 is 11.6 Å². The molecule has 9 heteroatoms. The molecule has 0 aliphatic rings. The third-order valence-corrected chi connectivity index (χ3v) is 5.35. The number of alkyl halides is 6. The topological polar surface area (TPSA) is 29.5 Å². The Morgan fingerprint density at radius 3 is 1.74 bits per heavy atom. The number of likely N-dealkylation sites (N-methyl/N-ethyl adjacent to an activating group) is 1. The normalized spacial score (nSPS) is 12.4. The standard InChI is InChI=1S/C25H21F6NO2/c1-23(2,16-13-17(24(26,27)28)15-18(14-16)25(29,30)31)22(33)32(3)20-11-7-8-12-21(20)34-19-9-5-4-6-10-19/h4-15H,1-3H3. The van der Waals surface area contributed by atoms with E-state index in [-0.39, 0.29) is 6.07 Å². The highest BCUT2D eigenvalue weighted by Gasteiger charge is 2.41. The monoisotopic (exact) mass is 481 g/mol. The summed E-state index contributed by atoms with van der Waals surface area (Å²) in [5.74, 6) is 0.0622. The molecule has 0 N–H and O–H groups in total. The van der Waals surface area contributed by atoms with Crippen LogP contribution in [0.15, 0.2) is 72.8 Å². The summed E-state index contributed by atoms with van der Waals surface area (Å²) in [6.45, 7) is 2.56. The highest BCUT2D eigenvalue weighted by Crippen LogP contribution is 2.40. The zero-order valence-electron chi connectivity index (χ0n) is 18.5. The number of halogens is 6. The average Bonchev–Trinajstić information content (AvgIpc) is 2.77. The van der Waals surface area contributed by atoms with Crippen LogP contribution >= 0.6 is 0 Å². The number of carbonyl (C=O) groups is 1. The second-order valence-electron chi connectivity index (χ2n) is 8.17. The molecule has 0 spiro atoms. The number of benzene rings is 3. The number of rotatable bonds is 5. The van der Waals surface area contributed by atoms with Crippen LogP contribution in [0.2, 0.25) is 0 Å². The molecule has 1 amide bonds. The van der Waals surface area contributed by atoms with Crippen LogP contribution in [-0.4, -0.2) is 13.0 Å². The first-order valence-corrected chi connectivity index (χ1v) is 10.1. The van der Waals surface area contributed by atoms with Crippen molar-refractivity contribution in [2.24, 2.45) is 0 Å². The van der Waals surface area contributed by atoms with Crippen LogP contribution in [0.25, 0.3) is 0 Å². The van der Waals surface area contributed by atoms with Crippen molar-refractivity contribution in [3.05, 3.63) is 89.5 Å². The van der Waals surface area contributed by atoms with E-state index in [1.807, 2.05) is 0 Å². The summed E-state index contributed by atoms with van der Waals surface area (Å²) >= 11 is 0. The molecule has 0 unspecified atom stereocenters. The van der Waals surface area contributed by atoms with Gasteiger partial charge >= 0.3 is 12.4 Å². The quantitative estimate of drug-likeness (QED) is 0.354. The number of amides is 1. The van der Waals surface area contributed by atoms with Gasteiger partial charge in [0, 0.05) is 7.05 Å². The van der Waals surface area contributed by atoms with Crippen LogP contribution in [0.3, 0.4) is 0 Å². The van der Waals surface area contributed by atoms with Gasteiger partial charge in [0.2, 0.25) is 5.91 Å². The minimum atomic E-state index is -5.02. The molecule has 0 radical (unpaired) electrons. The van der Waals surface area contributed by atoms with Crippen molar-refractivity contribution < 1.29 is 35.9 Å². The molecular formula is C25H21F6NO2. The van der Waals surface area contributed by atoms with E-state index in [1.54, 1.807) is 54.6 Å². The summed E-state index contributed by atoms with van der Waals surface area (Å²) in [6, 6.07) is 16.4. The number of carbonyl (C=O) groups excluding carboxylic acids is 1. The third kappa shape index (κ3) is 5.35. The van der Waals surface area contributed by atoms with Crippen LogP contribution in [0, 0.1) is 0 Å². The van der Waals surface area contributed by atoms with Gasteiger partial charge in [0.05, 0.1) is 22.2 Å². The highest BCUT2D eigenvalue weighted by atomic mass is 19.4. The Labute approximate surface area is 192 Å². The fourth-order valence-corrected chi connectivity index (χ4v) is 3.40. The van der Waals surface area contributed by atoms with E-state index in [9.17, 15) is 31.1 Å². The molecule has 0 fully saturated rings. The number of para-hydroxylation sites is 3. The fraction of sp³-hybridized carbons (Fsp3) is 0.240. The van der Waals surface area contributed by atoms with Crippen LogP contribution in [0.4, 0.5) is 32.0 Å². The number of hydrogen-bond acceptors (Lipinski definition) is 2. The summed E-state index contributed by atoms with van der Waals surface area (Å²) in [7, 11) is 1.38. The Balaban J connectivity index is 2.02. The molecular weight excluding hydrogens is 460 g/mol. The Morgan fingerprint density at radius 2 is 1.21 bits per heavy atom. The summed E-state index contributed by atoms with van der Waals surface area (Å²) in [5.41, 5.74) is -4.79. The van der Waals surface area contributed by atoms with Crippen molar-refractivity contribution in [2.45, 2.75) is 31.6 Å². The third-order valence-electron chi connectivity index (χ3n) is 5.35. The minimum Gasteiger partial charge on any atom is -0.455 e. The zero-order chi connectivity index (χ0) is 25.3. The number of nitrogens with zero attached hydrogens (tertiary/aromatic N) is 1. The lowest BCUT2D eigenvalue weighted by atomic mass is 9.81. The molecule has 0 bridgehead atoms. The van der Waals surface area contributed by atoms with E-state index in [0.717, 1.165) is 4.90 Å². The van der Waals surface area contributed by atoms with Crippen molar-refractivity contribution in [1.82, 2.24) is 0 Å². The van der Waals surface area contributed by atoms with Gasteiger partial charge in [-0.25, -0.2) is 0 Å². The van der Waals surface area contributed by atoms with Gasteiger partial charge in [-0.15, -0.1) is 0 Å². The lowest BCUT2D eigenvalue weighted by Crippen LogP contribution is -2.42. The second kappa shape index (κ2) is 9.04. The van der Waals surface area contributed by atoms with Gasteiger partial charge in [0.25, 0.3) is 0 Å². The maximum atomic E-state index is 13.4. The first kappa shape index (κ1) is 25.1. The van der Waals surface area contributed by atoms with Crippen LogP contribution in [0.1, 0.15) is 30.5 Å². The molecule has 0 aliphatic heterocycles. The van der Waals surface area contributed by atoms with Crippen molar-refractivity contribution in [3.8, 4) is 11.5 Å². The number of ether oxygens (including phenoxy) is 1. The molecule has 180 valence electrons. The average molecular weight is 481 g/mol. The van der Waals surface area contributed by atoms with Crippen molar-refractivity contribution in [2.75, 3.05) is 11.9 Å². The Bertz CT molecular complexity index is 1140. The molecule has 3 aromatic rings.